The van der Waals surface area contributed by atoms with E-state index in [1.165, 1.54) is 6.07 Å². The van der Waals surface area contributed by atoms with Crippen molar-refractivity contribution < 1.29 is 13.9 Å². The van der Waals surface area contributed by atoms with Crippen LogP contribution >= 0.6 is 11.6 Å². The lowest BCUT2D eigenvalue weighted by atomic mass is 10.1. The zero-order valence-corrected chi connectivity index (χ0v) is 13.8. The van der Waals surface area contributed by atoms with Crippen molar-refractivity contribution in [1.82, 2.24) is 9.80 Å². The second kappa shape index (κ2) is 7.90. The largest absolute Gasteiger partial charge is 0.379 e. The fourth-order valence-electron chi connectivity index (χ4n) is 2.70. The second-order valence-electron chi connectivity index (χ2n) is 5.92. The fraction of sp³-hybridized carbons (Fsp3) is 0.562. The summed E-state index contributed by atoms with van der Waals surface area (Å²) in [5.74, 6) is -0.282. The van der Waals surface area contributed by atoms with Gasteiger partial charge in [-0.15, -0.1) is 0 Å². The van der Waals surface area contributed by atoms with E-state index in [0.29, 0.717) is 31.3 Å². The van der Waals surface area contributed by atoms with E-state index in [9.17, 15) is 9.18 Å². The van der Waals surface area contributed by atoms with Crippen molar-refractivity contribution >= 4 is 17.5 Å². The minimum absolute atomic E-state index is 0.0137. The molecule has 0 N–H and O–H groups in total. The number of hydrogen-bond acceptors (Lipinski definition) is 3. The van der Waals surface area contributed by atoms with Crippen LogP contribution in [0.15, 0.2) is 18.2 Å². The van der Waals surface area contributed by atoms with E-state index in [-0.39, 0.29) is 23.8 Å². The third-order valence-corrected chi connectivity index (χ3v) is 4.06. The Labute approximate surface area is 135 Å². The summed E-state index contributed by atoms with van der Waals surface area (Å²) >= 11 is 6.00. The van der Waals surface area contributed by atoms with Crippen LogP contribution in [0.25, 0.3) is 0 Å². The van der Waals surface area contributed by atoms with Crippen molar-refractivity contribution in [1.29, 1.82) is 0 Å². The zero-order chi connectivity index (χ0) is 16.1. The van der Waals surface area contributed by atoms with Crippen LogP contribution in [-0.2, 0) is 16.0 Å². The third-order valence-electron chi connectivity index (χ3n) is 3.70. The van der Waals surface area contributed by atoms with Crippen molar-refractivity contribution in [3.05, 3.63) is 34.6 Å². The van der Waals surface area contributed by atoms with Gasteiger partial charge in [-0.2, -0.15) is 0 Å². The summed E-state index contributed by atoms with van der Waals surface area (Å²) in [7, 11) is 3.99. The van der Waals surface area contributed by atoms with Gasteiger partial charge < -0.3 is 14.5 Å². The molecule has 0 aliphatic carbocycles. The lowest BCUT2D eigenvalue weighted by Gasteiger charge is -2.25. The summed E-state index contributed by atoms with van der Waals surface area (Å²) in [4.78, 5) is 16.3. The van der Waals surface area contributed by atoms with E-state index in [0.717, 1.165) is 6.54 Å². The van der Waals surface area contributed by atoms with Gasteiger partial charge in [0.05, 0.1) is 19.6 Å². The molecule has 2 rings (SSSR count). The molecule has 1 aromatic rings. The summed E-state index contributed by atoms with van der Waals surface area (Å²) < 4.78 is 19.4. The summed E-state index contributed by atoms with van der Waals surface area (Å²) in [5.41, 5.74) is 0.267. The van der Waals surface area contributed by atoms with Gasteiger partial charge in [0.25, 0.3) is 0 Å². The molecule has 0 unspecified atom stereocenters. The number of halogens is 2. The average Bonchev–Trinajstić information content (AvgIpc) is 2.68. The van der Waals surface area contributed by atoms with Gasteiger partial charge in [-0.3, -0.25) is 4.79 Å². The minimum Gasteiger partial charge on any atom is -0.379 e. The molecular formula is C16H22ClFN2O2. The molecule has 1 amide bonds. The summed E-state index contributed by atoms with van der Waals surface area (Å²) in [5, 5.41) is 0.296. The van der Waals surface area contributed by atoms with E-state index in [1.54, 1.807) is 17.0 Å². The second-order valence-corrected chi connectivity index (χ2v) is 6.33. The molecule has 22 heavy (non-hydrogen) atoms. The molecule has 6 heteroatoms. The number of amides is 1. The first kappa shape index (κ1) is 17.2. The Morgan fingerprint density at radius 2 is 2.27 bits per heavy atom. The van der Waals surface area contributed by atoms with Crippen LogP contribution in [0.5, 0.6) is 0 Å². The van der Waals surface area contributed by atoms with Gasteiger partial charge >= 0.3 is 0 Å². The van der Waals surface area contributed by atoms with E-state index in [1.807, 2.05) is 14.1 Å². The number of rotatable bonds is 4. The molecule has 1 aliphatic rings. The van der Waals surface area contributed by atoms with Crippen molar-refractivity contribution in [2.75, 3.05) is 46.9 Å². The predicted molar refractivity (Wildman–Crippen MR) is 84.6 cm³/mol. The number of hydrogen-bond donors (Lipinski definition) is 0. The van der Waals surface area contributed by atoms with Crippen LogP contribution in [-0.4, -0.2) is 62.7 Å². The average molecular weight is 329 g/mol. The molecule has 4 nitrogen and oxygen atoms in total. The normalized spacial score (nSPS) is 19.3. The molecule has 0 saturated carbocycles. The molecule has 1 saturated heterocycles. The van der Waals surface area contributed by atoms with Crippen LogP contribution in [0.3, 0.4) is 0 Å². The quantitative estimate of drug-likeness (QED) is 0.848. The first-order valence-electron chi connectivity index (χ1n) is 7.40. The highest BCUT2D eigenvalue weighted by atomic mass is 35.5. The van der Waals surface area contributed by atoms with Crippen LogP contribution < -0.4 is 0 Å². The highest BCUT2D eigenvalue weighted by Crippen LogP contribution is 2.20. The Balaban J connectivity index is 2.04. The van der Waals surface area contributed by atoms with Crippen LogP contribution in [0.1, 0.15) is 5.56 Å². The zero-order valence-electron chi connectivity index (χ0n) is 13.0. The number of carbonyl (C=O) groups is 1. The minimum atomic E-state index is -0.434. The highest BCUT2D eigenvalue weighted by molar-refractivity contribution is 6.31. The molecule has 1 fully saturated rings. The first-order valence-corrected chi connectivity index (χ1v) is 7.78. The molecule has 1 aliphatic heterocycles. The molecule has 0 aromatic heterocycles. The predicted octanol–water partition coefficient (Wildman–Crippen LogP) is 2.06. The first-order chi connectivity index (χ1) is 10.5. The van der Waals surface area contributed by atoms with E-state index >= 15 is 0 Å². The highest BCUT2D eigenvalue weighted by Gasteiger charge is 2.24. The van der Waals surface area contributed by atoms with Crippen LogP contribution in [0, 0.1) is 11.7 Å². The third kappa shape index (κ3) is 4.66. The number of ether oxygens (including phenoxy) is 1. The molecule has 0 spiro atoms. The molecular weight excluding hydrogens is 307 g/mol. The van der Waals surface area contributed by atoms with Crippen molar-refractivity contribution in [2.45, 2.75) is 6.42 Å². The number of carbonyl (C=O) groups excluding carboxylic acids is 1. The molecule has 1 aromatic carbocycles. The SMILES string of the molecule is CN(C)C[C@H]1COCCN(C(=O)Cc2c(F)cccc2Cl)C1. The number of nitrogens with zero attached hydrogens (tertiary/aromatic N) is 2. The van der Waals surface area contributed by atoms with Gasteiger partial charge in [0.15, 0.2) is 0 Å². The summed E-state index contributed by atoms with van der Waals surface area (Å²) in [6.07, 6.45) is -0.0137. The molecule has 0 bridgehead atoms. The maximum atomic E-state index is 13.8. The molecule has 122 valence electrons. The topological polar surface area (TPSA) is 32.8 Å². The molecule has 0 radical (unpaired) electrons. The Morgan fingerprint density at radius 1 is 1.50 bits per heavy atom. The Hall–Kier alpha value is -1.17. The lowest BCUT2D eigenvalue weighted by molar-refractivity contribution is -0.131. The van der Waals surface area contributed by atoms with E-state index < -0.39 is 5.82 Å². The Bertz CT molecular complexity index is 505. The number of benzene rings is 1. The van der Waals surface area contributed by atoms with Crippen molar-refractivity contribution in [3.8, 4) is 0 Å². The summed E-state index contributed by atoms with van der Waals surface area (Å²) in [6, 6.07) is 4.47. The van der Waals surface area contributed by atoms with Crippen molar-refractivity contribution in [3.63, 3.8) is 0 Å². The van der Waals surface area contributed by atoms with Gasteiger partial charge in [-0.1, -0.05) is 17.7 Å². The maximum absolute atomic E-state index is 13.8. The maximum Gasteiger partial charge on any atom is 0.227 e. The Kier molecular flexibility index (Phi) is 6.17. The summed E-state index contributed by atoms with van der Waals surface area (Å²) in [6.45, 7) is 3.17. The molecule has 1 heterocycles. The van der Waals surface area contributed by atoms with Crippen LogP contribution in [0.4, 0.5) is 4.39 Å². The van der Waals surface area contributed by atoms with Crippen LogP contribution in [0.2, 0.25) is 5.02 Å². The van der Waals surface area contributed by atoms with Gasteiger partial charge in [0.2, 0.25) is 5.91 Å². The smallest absolute Gasteiger partial charge is 0.227 e. The van der Waals surface area contributed by atoms with Gasteiger partial charge in [0.1, 0.15) is 5.82 Å². The standard InChI is InChI=1S/C16H22ClFN2O2/c1-19(2)9-12-10-20(6-7-22-11-12)16(21)8-13-14(17)4-3-5-15(13)18/h3-5,12H,6-11H2,1-2H3/t12-/m1/s1. The van der Waals surface area contributed by atoms with Crippen molar-refractivity contribution in [2.24, 2.45) is 5.92 Å². The lowest BCUT2D eigenvalue weighted by Crippen LogP contribution is -2.39. The monoisotopic (exact) mass is 328 g/mol. The van der Waals surface area contributed by atoms with Gasteiger partial charge in [0, 0.05) is 36.1 Å². The fourth-order valence-corrected chi connectivity index (χ4v) is 2.93. The Morgan fingerprint density at radius 3 is 2.95 bits per heavy atom. The van der Waals surface area contributed by atoms with E-state index in [2.05, 4.69) is 4.90 Å². The van der Waals surface area contributed by atoms with Gasteiger partial charge in [-0.05, 0) is 26.2 Å². The molecule has 1 atom stereocenters. The van der Waals surface area contributed by atoms with E-state index in [4.69, 9.17) is 16.3 Å². The van der Waals surface area contributed by atoms with Gasteiger partial charge in [-0.25, -0.2) is 4.39 Å².